The summed E-state index contributed by atoms with van der Waals surface area (Å²) in [5.74, 6) is -0.323. The van der Waals surface area contributed by atoms with Crippen molar-refractivity contribution in [2.75, 3.05) is 6.61 Å². The largest absolute Gasteiger partial charge is 0.461 e. The van der Waals surface area contributed by atoms with Crippen molar-refractivity contribution in [2.24, 2.45) is 0 Å². The summed E-state index contributed by atoms with van der Waals surface area (Å²) in [6.07, 6.45) is 5.83. The quantitative estimate of drug-likeness (QED) is 0.808. The third kappa shape index (κ3) is 2.16. The molecule has 0 radical (unpaired) electrons. The maximum atomic E-state index is 12.0. The van der Waals surface area contributed by atoms with Gasteiger partial charge in [-0.25, -0.2) is 14.5 Å². The Hall–Kier alpha value is -1.69. The minimum Gasteiger partial charge on any atom is -0.461 e. The third-order valence-corrected chi connectivity index (χ3v) is 4.00. The zero-order valence-corrected chi connectivity index (χ0v) is 11.6. The zero-order chi connectivity index (χ0) is 13.2. The molecule has 6 heteroatoms. The van der Waals surface area contributed by atoms with Gasteiger partial charge in [0, 0.05) is 17.1 Å². The average Bonchev–Trinajstić information content (AvgIpc) is 3.06. The van der Waals surface area contributed by atoms with Crippen LogP contribution in [0.5, 0.6) is 0 Å². The van der Waals surface area contributed by atoms with E-state index in [-0.39, 0.29) is 5.97 Å². The standard InChI is InChI=1S/C13H15N3O2S/c1-2-18-12(17)11-9-5-3-4-6-10(9)16(15-11)13-14-7-8-19-13/h7-8H,2-6H2,1H3. The van der Waals surface area contributed by atoms with Crippen molar-refractivity contribution < 1.29 is 9.53 Å². The van der Waals surface area contributed by atoms with Gasteiger partial charge in [-0.3, -0.25) is 0 Å². The molecule has 1 aliphatic rings. The molecule has 5 nitrogen and oxygen atoms in total. The van der Waals surface area contributed by atoms with Gasteiger partial charge in [0.05, 0.1) is 12.3 Å². The molecule has 2 heterocycles. The minimum atomic E-state index is -0.323. The van der Waals surface area contributed by atoms with Crippen LogP contribution in [-0.2, 0) is 17.6 Å². The van der Waals surface area contributed by atoms with Gasteiger partial charge in [0.2, 0.25) is 5.13 Å². The highest BCUT2D eigenvalue weighted by molar-refractivity contribution is 7.12. The molecule has 0 saturated carbocycles. The predicted octanol–water partition coefficient (Wildman–Crippen LogP) is 2.38. The third-order valence-electron chi connectivity index (χ3n) is 3.25. The van der Waals surface area contributed by atoms with Crippen LogP contribution in [0.2, 0.25) is 0 Å². The van der Waals surface area contributed by atoms with Crippen LogP contribution in [0.15, 0.2) is 11.6 Å². The topological polar surface area (TPSA) is 57.0 Å². The Morgan fingerprint density at radius 3 is 3.05 bits per heavy atom. The van der Waals surface area contributed by atoms with Crippen LogP contribution in [0.4, 0.5) is 0 Å². The van der Waals surface area contributed by atoms with E-state index in [1.165, 1.54) is 11.3 Å². The summed E-state index contributed by atoms with van der Waals surface area (Å²) in [5.41, 5.74) is 2.62. The van der Waals surface area contributed by atoms with Crippen LogP contribution >= 0.6 is 11.3 Å². The molecular formula is C13H15N3O2S. The number of fused-ring (bicyclic) bond motifs is 1. The highest BCUT2D eigenvalue weighted by Gasteiger charge is 2.26. The number of hydrogen-bond donors (Lipinski definition) is 0. The second-order valence-corrected chi connectivity index (χ2v) is 5.30. The highest BCUT2D eigenvalue weighted by Crippen LogP contribution is 2.27. The molecule has 0 atom stereocenters. The van der Waals surface area contributed by atoms with Gasteiger partial charge in [0.25, 0.3) is 0 Å². The normalized spacial score (nSPS) is 14.2. The molecule has 0 unspecified atom stereocenters. The van der Waals surface area contributed by atoms with Crippen LogP contribution in [0.25, 0.3) is 5.13 Å². The second kappa shape index (κ2) is 5.13. The first-order valence-electron chi connectivity index (χ1n) is 6.49. The molecule has 0 fully saturated rings. The number of carbonyl (C=O) groups is 1. The molecule has 19 heavy (non-hydrogen) atoms. The van der Waals surface area contributed by atoms with E-state index in [1.807, 2.05) is 17.0 Å². The van der Waals surface area contributed by atoms with E-state index < -0.39 is 0 Å². The Bertz CT molecular complexity index is 589. The van der Waals surface area contributed by atoms with Gasteiger partial charge in [-0.15, -0.1) is 11.3 Å². The van der Waals surface area contributed by atoms with E-state index in [4.69, 9.17) is 4.74 Å². The Kier molecular flexibility index (Phi) is 3.33. The molecule has 2 aromatic rings. The summed E-state index contributed by atoms with van der Waals surface area (Å²) < 4.78 is 6.90. The lowest BCUT2D eigenvalue weighted by molar-refractivity contribution is 0.0517. The van der Waals surface area contributed by atoms with E-state index in [0.29, 0.717) is 12.3 Å². The molecule has 0 aromatic carbocycles. The minimum absolute atomic E-state index is 0.323. The van der Waals surface area contributed by atoms with Crippen molar-refractivity contribution in [3.8, 4) is 5.13 Å². The molecular weight excluding hydrogens is 262 g/mol. The Morgan fingerprint density at radius 1 is 1.47 bits per heavy atom. The number of esters is 1. The van der Waals surface area contributed by atoms with Gasteiger partial charge in [-0.2, -0.15) is 5.10 Å². The van der Waals surface area contributed by atoms with Crippen molar-refractivity contribution in [3.05, 3.63) is 28.5 Å². The maximum Gasteiger partial charge on any atom is 0.359 e. The number of rotatable bonds is 3. The molecule has 0 N–H and O–H groups in total. The van der Waals surface area contributed by atoms with Gasteiger partial charge in [-0.1, -0.05) is 0 Å². The summed E-state index contributed by atoms with van der Waals surface area (Å²) in [4.78, 5) is 16.3. The summed E-state index contributed by atoms with van der Waals surface area (Å²) >= 11 is 1.52. The smallest absolute Gasteiger partial charge is 0.359 e. The molecule has 100 valence electrons. The van der Waals surface area contributed by atoms with Gasteiger partial charge in [0.1, 0.15) is 0 Å². The number of aromatic nitrogens is 3. The van der Waals surface area contributed by atoms with Crippen LogP contribution < -0.4 is 0 Å². The van der Waals surface area contributed by atoms with Crippen LogP contribution in [0.1, 0.15) is 41.5 Å². The lowest BCUT2D eigenvalue weighted by Gasteiger charge is -2.12. The fraction of sp³-hybridized carbons (Fsp3) is 0.462. The van der Waals surface area contributed by atoms with E-state index in [1.54, 1.807) is 6.20 Å². The summed E-state index contributed by atoms with van der Waals surface area (Å²) in [6.45, 7) is 2.18. The molecule has 0 aliphatic heterocycles. The summed E-state index contributed by atoms with van der Waals surface area (Å²) in [7, 11) is 0. The summed E-state index contributed by atoms with van der Waals surface area (Å²) in [5, 5.41) is 7.17. The first kappa shape index (κ1) is 12.3. The SMILES string of the molecule is CCOC(=O)c1nn(-c2nccs2)c2c1CCCC2. The maximum absolute atomic E-state index is 12.0. The molecule has 3 rings (SSSR count). The lowest BCUT2D eigenvalue weighted by Crippen LogP contribution is -2.10. The molecule has 0 bridgehead atoms. The van der Waals surface area contributed by atoms with E-state index in [2.05, 4.69) is 10.1 Å². The first-order valence-corrected chi connectivity index (χ1v) is 7.37. The van der Waals surface area contributed by atoms with Gasteiger partial charge >= 0.3 is 5.97 Å². The number of nitrogens with zero attached hydrogens (tertiary/aromatic N) is 3. The Balaban J connectivity index is 2.08. The van der Waals surface area contributed by atoms with E-state index >= 15 is 0 Å². The Labute approximate surface area is 115 Å². The van der Waals surface area contributed by atoms with Gasteiger partial charge in [0.15, 0.2) is 5.69 Å². The van der Waals surface area contributed by atoms with Crippen molar-refractivity contribution in [2.45, 2.75) is 32.6 Å². The second-order valence-electron chi connectivity index (χ2n) is 4.43. The van der Waals surface area contributed by atoms with E-state index in [0.717, 1.165) is 42.1 Å². The van der Waals surface area contributed by atoms with Crippen molar-refractivity contribution >= 4 is 17.3 Å². The first-order chi connectivity index (χ1) is 9.31. The van der Waals surface area contributed by atoms with Crippen LogP contribution in [0, 0.1) is 0 Å². The van der Waals surface area contributed by atoms with Gasteiger partial charge in [-0.05, 0) is 32.6 Å². The number of thiazole rings is 1. The number of ether oxygens (including phenoxy) is 1. The molecule has 0 saturated heterocycles. The fourth-order valence-corrected chi connectivity index (χ4v) is 3.06. The highest BCUT2D eigenvalue weighted by atomic mass is 32.1. The Morgan fingerprint density at radius 2 is 2.32 bits per heavy atom. The molecule has 2 aromatic heterocycles. The predicted molar refractivity (Wildman–Crippen MR) is 71.8 cm³/mol. The van der Waals surface area contributed by atoms with E-state index in [9.17, 15) is 4.79 Å². The lowest BCUT2D eigenvalue weighted by atomic mass is 9.96. The zero-order valence-electron chi connectivity index (χ0n) is 10.8. The number of hydrogen-bond acceptors (Lipinski definition) is 5. The molecule has 1 aliphatic carbocycles. The van der Waals surface area contributed by atoms with Crippen molar-refractivity contribution in [3.63, 3.8) is 0 Å². The van der Waals surface area contributed by atoms with Crippen LogP contribution in [-0.4, -0.2) is 27.3 Å². The van der Waals surface area contributed by atoms with Crippen LogP contribution in [0.3, 0.4) is 0 Å². The molecule has 0 spiro atoms. The summed E-state index contributed by atoms with van der Waals surface area (Å²) in [6, 6.07) is 0. The molecule has 0 amide bonds. The van der Waals surface area contributed by atoms with Crippen molar-refractivity contribution in [1.82, 2.24) is 14.8 Å². The fourth-order valence-electron chi connectivity index (χ4n) is 2.44. The number of carbonyl (C=O) groups excluding carboxylic acids is 1. The average molecular weight is 277 g/mol. The van der Waals surface area contributed by atoms with Gasteiger partial charge < -0.3 is 4.74 Å². The van der Waals surface area contributed by atoms with Crippen molar-refractivity contribution in [1.29, 1.82) is 0 Å². The monoisotopic (exact) mass is 277 g/mol.